The molecule has 2 heteroatoms. The number of hydrogen-bond donors (Lipinski definition) is 0. The van der Waals surface area contributed by atoms with Gasteiger partial charge in [0.05, 0.1) is 0 Å². The van der Waals surface area contributed by atoms with E-state index in [2.05, 4.69) is 0 Å². The van der Waals surface area contributed by atoms with Crippen LogP contribution in [0.1, 0.15) is 26.7 Å². The van der Waals surface area contributed by atoms with Crippen LogP contribution in [0.15, 0.2) is 30.3 Å². The summed E-state index contributed by atoms with van der Waals surface area (Å²) in [5, 5.41) is 0. The number of ether oxygens (including phenoxy) is 1. The quantitative estimate of drug-likeness (QED) is 0.717. The maximum Gasteiger partial charge on any atom is 0.172 e. The Morgan fingerprint density at radius 1 is 1.29 bits per heavy atom. The number of para-hydroxylation sites is 1. The first kappa shape index (κ1) is 10.8. The van der Waals surface area contributed by atoms with Crippen molar-refractivity contribution in [1.82, 2.24) is 0 Å². The molecule has 0 saturated heterocycles. The second kappa shape index (κ2) is 5.43. The summed E-state index contributed by atoms with van der Waals surface area (Å²) in [6.07, 6.45) is 0.967. The third kappa shape index (κ3) is 2.87. The second-order valence-corrected chi connectivity index (χ2v) is 3.15. The summed E-state index contributed by atoms with van der Waals surface area (Å²) < 4.78 is 5.57. The SMILES string of the molecule is CCC(=O)C(CC)Oc1ccccc1. The van der Waals surface area contributed by atoms with Crippen LogP contribution in [0.5, 0.6) is 5.75 Å². The fourth-order valence-corrected chi connectivity index (χ4v) is 1.27. The highest BCUT2D eigenvalue weighted by molar-refractivity contribution is 5.83. The van der Waals surface area contributed by atoms with Crippen molar-refractivity contribution in [2.24, 2.45) is 0 Å². The van der Waals surface area contributed by atoms with Crippen molar-refractivity contribution in [2.45, 2.75) is 32.8 Å². The van der Waals surface area contributed by atoms with E-state index in [1.165, 1.54) is 0 Å². The average Bonchev–Trinajstić information content (AvgIpc) is 2.26. The number of rotatable bonds is 5. The van der Waals surface area contributed by atoms with Gasteiger partial charge in [-0.25, -0.2) is 0 Å². The van der Waals surface area contributed by atoms with Gasteiger partial charge in [0.25, 0.3) is 0 Å². The molecule has 1 aromatic rings. The van der Waals surface area contributed by atoms with E-state index in [0.29, 0.717) is 6.42 Å². The molecular weight excluding hydrogens is 176 g/mol. The minimum absolute atomic E-state index is 0.163. The van der Waals surface area contributed by atoms with Crippen LogP contribution in [0.2, 0.25) is 0 Å². The van der Waals surface area contributed by atoms with E-state index in [1.807, 2.05) is 44.2 Å². The molecule has 0 aromatic heterocycles. The fourth-order valence-electron chi connectivity index (χ4n) is 1.27. The summed E-state index contributed by atoms with van der Waals surface area (Å²) in [6.45, 7) is 3.82. The van der Waals surface area contributed by atoms with Gasteiger partial charge < -0.3 is 4.74 Å². The lowest BCUT2D eigenvalue weighted by atomic mass is 10.1. The van der Waals surface area contributed by atoms with E-state index in [1.54, 1.807) is 0 Å². The molecule has 1 aromatic carbocycles. The van der Waals surface area contributed by atoms with E-state index in [0.717, 1.165) is 12.2 Å². The second-order valence-electron chi connectivity index (χ2n) is 3.15. The smallest absolute Gasteiger partial charge is 0.172 e. The van der Waals surface area contributed by atoms with Gasteiger partial charge in [0.2, 0.25) is 0 Å². The van der Waals surface area contributed by atoms with E-state index >= 15 is 0 Å². The van der Waals surface area contributed by atoms with Crippen LogP contribution in [0.25, 0.3) is 0 Å². The van der Waals surface area contributed by atoms with Crippen LogP contribution < -0.4 is 4.74 Å². The highest BCUT2D eigenvalue weighted by Crippen LogP contribution is 2.13. The minimum atomic E-state index is -0.289. The summed E-state index contributed by atoms with van der Waals surface area (Å²) in [5.41, 5.74) is 0. The zero-order valence-corrected chi connectivity index (χ0v) is 8.69. The molecule has 0 radical (unpaired) electrons. The highest BCUT2D eigenvalue weighted by atomic mass is 16.5. The molecule has 1 unspecified atom stereocenters. The van der Waals surface area contributed by atoms with Gasteiger partial charge in [-0.1, -0.05) is 32.0 Å². The molecule has 0 fully saturated rings. The van der Waals surface area contributed by atoms with Crippen LogP contribution in [-0.4, -0.2) is 11.9 Å². The molecule has 0 aliphatic heterocycles. The van der Waals surface area contributed by atoms with Crippen molar-refractivity contribution in [3.05, 3.63) is 30.3 Å². The van der Waals surface area contributed by atoms with Crippen LogP contribution in [0, 0.1) is 0 Å². The number of hydrogen-bond acceptors (Lipinski definition) is 2. The van der Waals surface area contributed by atoms with Crippen molar-refractivity contribution >= 4 is 5.78 Å². The van der Waals surface area contributed by atoms with Crippen molar-refractivity contribution in [3.63, 3.8) is 0 Å². The first-order valence-electron chi connectivity index (χ1n) is 5.02. The number of Topliss-reactive ketones (excluding diaryl/α,β-unsaturated/α-hetero) is 1. The minimum Gasteiger partial charge on any atom is -0.483 e. The van der Waals surface area contributed by atoms with Crippen LogP contribution >= 0.6 is 0 Å². The third-order valence-corrected chi connectivity index (χ3v) is 2.10. The van der Waals surface area contributed by atoms with Gasteiger partial charge in [-0.05, 0) is 18.6 Å². The zero-order chi connectivity index (χ0) is 10.4. The lowest BCUT2D eigenvalue weighted by Crippen LogP contribution is -2.25. The maximum absolute atomic E-state index is 11.4. The topological polar surface area (TPSA) is 26.3 Å². The van der Waals surface area contributed by atoms with Crippen LogP contribution in [0.4, 0.5) is 0 Å². The van der Waals surface area contributed by atoms with Gasteiger partial charge in [0.15, 0.2) is 11.9 Å². The Morgan fingerprint density at radius 3 is 2.43 bits per heavy atom. The van der Waals surface area contributed by atoms with Gasteiger partial charge in [-0.3, -0.25) is 4.79 Å². The number of carbonyl (C=O) groups excluding carboxylic acids is 1. The van der Waals surface area contributed by atoms with E-state index in [9.17, 15) is 4.79 Å². The van der Waals surface area contributed by atoms with Crippen molar-refractivity contribution in [3.8, 4) is 5.75 Å². The molecule has 0 N–H and O–H groups in total. The largest absolute Gasteiger partial charge is 0.483 e. The summed E-state index contributed by atoms with van der Waals surface area (Å²) >= 11 is 0. The van der Waals surface area contributed by atoms with E-state index in [4.69, 9.17) is 4.74 Å². The Balaban J connectivity index is 2.62. The molecule has 1 rings (SSSR count). The molecular formula is C12H16O2. The normalized spacial score (nSPS) is 12.1. The molecule has 76 valence electrons. The van der Waals surface area contributed by atoms with Crippen molar-refractivity contribution in [2.75, 3.05) is 0 Å². The van der Waals surface area contributed by atoms with E-state index < -0.39 is 0 Å². The lowest BCUT2D eigenvalue weighted by Gasteiger charge is -2.15. The standard InChI is InChI=1S/C12H16O2/c1-3-11(13)12(4-2)14-10-8-6-5-7-9-10/h5-9,12H,3-4H2,1-2H3. The van der Waals surface area contributed by atoms with Crippen LogP contribution in [-0.2, 0) is 4.79 Å². The van der Waals surface area contributed by atoms with Crippen LogP contribution in [0.3, 0.4) is 0 Å². The first-order chi connectivity index (χ1) is 6.77. The van der Waals surface area contributed by atoms with Gasteiger partial charge in [0, 0.05) is 6.42 Å². The Labute approximate surface area is 84.9 Å². The van der Waals surface area contributed by atoms with E-state index in [-0.39, 0.29) is 11.9 Å². The van der Waals surface area contributed by atoms with Crippen molar-refractivity contribution in [1.29, 1.82) is 0 Å². The van der Waals surface area contributed by atoms with Gasteiger partial charge in [-0.2, -0.15) is 0 Å². The fraction of sp³-hybridized carbons (Fsp3) is 0.417. The monoisotopic (exact) mass is 192 g/mol. The molecule has 0 bridgehead atoms. The average molecular weight is 192 g/mol. The highest BCUT2D eigenvalue weighted by Gasteiger charge is 2.15. The molecule has 0 amide bonds. The zero-order valence-electron chi connectivity index (χ0n) is 8.69. The summed E-state index contributed by atoms with van der Waals surface area (Å²) in [5.74, 6) is 0.928. The Bertz CT molecular complexity index is 280. The summed E-state index contributed by atoms with van der Waals surface area (Å²) in [4.78, 5) is 11.4. The van der Waals surface area contributed by atoms with Gasteiger partial charge >= 0.3 is 0 Å². The lowest BCUT2D eigenvalue weighted by molar-refractivity contribution is -0.125. The molecule has 0 saturated carbocycles. The molecule has 0 heterocycles. The van der Waals surface area contributed by atoms with Gasteiger partial charge in [0.1, 0.15) is 5.75 Å². The Morgan fingerprint density at radius 2 is 1.93 bits per heavy atom. The maximum atomic E-state index is 11.4. The predicted molar refractivity (Wildman–Crippen MR) is 56.4 cm³/mol. The number of carbonyl (C=O) groups is 1. The summed E-state index contributed by atoms with van der Waals surface area (Å²) in [6, 6.07) is 9.46. The number of benzene rings is 1. The van der Waals surface area contributed by atoms with Crippen molar-refractivity contribution < 1.29 is 9.53 Å². The van der Waals surface area contributed by atoms with Gasteiger partial charge in [-0.15, -0.1) is 0 Å². The number of ketones is 1. The predicted octanol–water partition coefficient (Wildman–Crippen LogP) is 2.82. The molecule has 2 nitrogen and oxygen atoms in total. The molecule has 0 aliphatic rings. The molecule has 0 spiro atoms. The summed E-state index contributed by atoms with van der Waals surface area (Å²) in [7, 11) is 0. The molecule has 1 atom stereocenters. The first-order valence-corrected chi connectivity index (χ1v) is 5.02. The molecule has 0 aliphatic carbocycles. The third-order valence-electron chi connectivity index (χ3n) is 2.10. The Kier molecular flexibility index (Phi) is 4.17. The molecule has 14 heavy (non-hydrogen) atoms. The Hall–Kier alpha value is -1.31.